The van der Waals surface area contributed by atoms with Crippen molar-refractivity contribution in [1.82, 2.24) is 0 Å². The molecule has 2 unspecified atom stereocenters. The molecule has 0 fully saturated rings. The van der Waals surface area contributed by atoms with E-state index in [1.54, 1.807) is 27.4 Å². The van der Waals surface area contributed by atoms with Crippen molar-refractivity contribution in [2.45, 2.75) is 46.1 Å². The summed E-state index contributed by atoms with van der Waals surface area (Å²) in [6.07, 6.45) is 3.54. The molecule has 0 aromatic heterocycles. The maximum atomic E-state index is 13.2. The molecular weight excluding hydrogens is 416 g/mol. The summed E-state index contributed by atoms with van der Waals surface area (Å²) >= 11 is 0. The summed E-state index contributed by atoms with van der Waals surface area (Å²) in [4.78, 5) is 13.2. The van der Waals surface area contributed by atoms with E-state index >= 15 is 0 Å². The van der Waals surface area contributed by atoms with Gasteiger partial charge in [0, 0.05) is 17.2 Å². The Morgan fingerprint density at radius 1 is 1.09 bits per heavy atom. The number of carbonyl (C=O) groups is 1. The number of methoxy groups -OCH3 is 3. The molecule has 2 aromatic carbocycles. The fourth-order valence-corrected chi connectivity index (χ4v) is 4.15. The molecule has 0 spiro atoms. The highest BCUT2D eigenvalue weighted by Gasteiger charge is 2.33. The Hall–Kier alpha value is -3.21. The van der Waals surface area contributed by atoms with Crippen LogP contribution in [-0.2, 0) is 6.42 Å². The maximum absolute atomic E-state index is 13.2. The molecule has 0 amide bonds. The van der Waals surface area contributed by atoms with Gasteiger partial charge in [-0.05, 0) is 63.8 Å². The molecule has 2 atom stereocenters. The zero-order valence-corrected chi connectivity index (χ0v) is 20.5. The third-order valence-electron chi connectivity index (χ3n) is 6.11. The van der Waals surface area contributed by atoms with Crippen molar-refractivity contribution in [3.8, 4) is 23.0 Å². The summed E-state index contributed by atoms with van der Waals surface area (Å²) in [5.74, 6) is 2.87. The van der Waals surface area contributed by atoms with Gasteiger partial charge in [0.2, 0.25) is 0 Å². The van der Waals surface area contributed by atoms with E-state index in [0.717, 1.165) is 23.1 Å². The second-order valence-corrected chi connectivity index (χ2v) is 8.73. The van der Waals surface area contributed by atoms with Gasteiger partial charge in [0.25, 0.3) is 0 Å². The second kappa shape index (κ2) is 10.6. The average molecular weight is 451 g/mol. The van der Waals surface area contributed by atoms with Gasteiger partial charge in [-0.25, -0.2) is 0 Å². The van der Waals surface area contributed by atoms with E-state index < -0.39 is 6.10 Å². The van der Waals surface area contributed by atoms with E-state index in [-0.39, 0.29) is 18.1 Å². The second-order valence-electron chi connectivity index (χ2n) is 8.73. The van der Waals surface area contributed by atoms with Gasteiger partial charge < -0.3 is 18.9 Å². The molecule has 0 radical (unpaired) electrons. The van der Waals surface area contributed by atoms with Crippen LogP contribution in [0.15, 0.2) is 54.1 Å². The minimum Gasteiger partial charge on any atom is -0.497 e. The summed E-state index contributed by atoms with van der Waals surface area (Å²) < 4.78 is 23.1. The number of benzene rings is 2. The van der Waals surface area contributed by atoms with Crippen LogP contribution in [0.5, 0.6) is 23.0 Å². The van der Waals surface area contributed by atoms with E-state index in [0.29, 0.717) is 35.0 Å². The molecule has 1 aliphatic rings. The number of Topliss-reactive ketones (excluding diaryl/α,β-unsaturated/α-hetero) is 1. The molecule has 5 nitrogen and oxygen atoms in total. The Bertz CT molecular complexity index is 1060. The fourth-order valence-electron chi connectivity index (χ4n) is 4.15. The molecule has 1 aliphatic heterocycles. The number of carbonyl (C=O) groups excluding carboxylic acids is 1. The van der Waals surface area contributed by atoms with Crippen molar-refractivity contribution in [3.05, 3.63) is 70.8 Å². The predicted molar refractivity (Wildman–Crippen MR) is 131 cm³/mol. The van der Waals surface area contributed by atoms with Gasteiger partial charge in [-0.1, -0.05) is 23.8 Å². The number of ether oxygens (including phenoxy) is 4. The highest BCUT2D eigenvalue weighted by molar-refractivity contribution is 6.00. The topological polar surface area (TPSA) is 54.0 Å². The van der Waals surface area contributed by atoms with Crippen LogP contribution in [0.1, 0.15) is 61.2 Å². The van der Waals surface area contributed by atoms with Crippen molar-refractivity contribution in [2.75, 3.05) is 21.3 Å². The van der Waals surface area contributed by atoms with E-state index in [4.69, 9.17) is 18.9 Å². The van der Waals surface area contributed by atoms with Crippen LogP contribution in [0.3, 0.4) is 0 Å². The van der Waals surface area contributed by atoms with Gasteiger partial charge in [0.1, 0.15) is 29.1 Å². The van der Waals surface area contributed by atoms with Gasteiger partial charge in [0.15, 0.2) is 5.78 Å². The van der Waals surface area contributed by atoms with Crippen LogP contribution in [0.25, 0.3) is 0 Å². The first-order valence-corrected chi connectivity index (χ1v) is 11.2. The number of hydrogen-bond donors (Lipinski definition) is 0. The lowest BCUT2D eigenvalue weighted by molar-refractivity contribution is 0.0843. The Labute approximate surface area is 197 Å². The van der Waals surface area contributed by atoms with Crippen LogP contribution >= 0.6 is 0 Å². The minimum absolute atomic E-state index is 0.0409. The quantitative estimate of drug-likeness (QED) is 0.408. The number of rotatable bonds is 9. The lowest BCUT2D eigenvalue weighted by atomic mass is 9.86. The zero-order valence-electron chi connectivity index (χ0n) is 20.5. The predicted octanol–water partition coefficient (Wildman–Crippen LogP) is 6.51. The monoisotopic (exact) mass is 450 g/mol. The summed E-state index contributed by atoms with van der Waals surface area (Å²) in [7, 11) is 4.86. The van der Waals surface area contributed by atoms with Crippen molar-refractivity contribution >= 4 is 5.78 Å². The van der Waals surface area contributed by atoms with Gasteiger partial charge in [-0.2, -0.15) is 0 Å². The smallest absolute Gasteiger partial charge is 0.170 e. The Morgan fingerprint density at radius 3 is 2.42 bits per heavy atom. The van der Waals surface area contributed by atoms with E-state index in [2.05, 4.69) is 26.5 Å². The summed E-state index contributed by atoms with van der Waals surface area (Å²) in [6.45, 7) is 10.4. The van der Waals surface area contributed by atoms with Gasteiger partial charge in [-0.3, -0.25) is 4.79 Å². The van der Waals surface area contributed by atoms with Crippen molar-refractivity contribution in [1.29, 1.82) is 0 Å². The standard InChI is InChI=1S/C28H34O5/c1-17(2)8-9-19(18(3)4)14-23-25(31-6)13-12-21-24(29)16-27(33-28(21)23)22-11-10-20(30-5)15-26(22)32-7/h8,10-13,15,19,27H,3,9,14,16H2,1-2,4-7H3. The zero-order chi connectivity index (χ0) is 24.1. The van der Waals surface area contributed by atoms with Crippen LogP contribution in [0, 0.1) is 5.92 Å². The molecule has 33 heavy (non-hydrogen) atoms. The molecule has 2 aromatic rings. The normalized spacial score (nSPS) is 15.7. The lowest BCUT2D eigenvalue weighted by Gasteiger charge is -2.30. The molecule has 0 aliphatic carbocycles. The van der Waals surface area contributed by atoms with Crippen molar-refractivity contribution < 1.29 is 23.7 Å². The first-order chi connectivity index (χ1) is 15.8. The van der Waals surface area contributed by atoms with E-state index in [1.807, 2.05) is 31.2 Å². The van der Waals surface area contributed by atoms with Gasteiger partial charge in [0.05, 0.1) is 33.3 Å². The SMILES string of the molecule is C=C(C)C(CC=C(C)C)Cc1c(OC)ccc2c1OC(c1ccc(OC)cc1OC)CC2=O. The molecule has 0 N–H and O–H groups in total. The van der Waals surface area contributed by atoms with E-state index in [1.165, 1.54) is 5.57 Å². The Balaban J connectivity index is 2.05. The number of hydrogen-bond acceptors (Lipinski definition) is 5. The van der Waals surface area contributed by atoms with E-state index in [9.17, 15) is 4.79 Å². The fraction of sp³-hybridized carbons (Fsp3) is 0.393. The molecule has 176 valence electrons. The largest absolute Gasteiger partial charge is 0.497 e. The first kappa shape index (κ1) is 24.4. The van der Waals surface area contributed by atoms with Crippen molar-refractivity contribution in [2.24, 2.45) is 5.92 Å². The molecule has 0 bridgehead atoms. The number of allylic oxidation sites excluding steroid dienone is 3. The number of fused-ring (bicyclic) bond motifs is 1. The molecule has 5 heteroatoms. The highest BCUT2D eigenvalue weighted by Crippen LogP contribution is 2.44. The average Bonchev–Trinajstić information content (AvgIpc) is 2.80. The van der Waals surface area contributed by atoms with Crippen LogP contribution in [0.4, 0.5) is 0 Å². The molecular formula is C28H34O5. The highest BCUT2D eigenvalue weighted by atomic mass is 16.5. The van der Waals surface area contributed by atoms with Crippen LogP contribution < -0.4 is 18.9 Å². The summed E-state index contributed by atoms with van der Waals surface area (Å²) in [6, 6.07) is 9.21. The van der Waals surface area contributed by atoms with Crippen LogP contribution in [-0.4, -0.2) is 27.1 Å². The first-order valence-electron chi connectivity index (χ1n) is 11.2. The third-order valence-corrected chi connectivity index (χ3v) is 6.11. The van der Waals surface area contributed by atoms with Gasteiger partial charge >= 0.3 is 0 Å². The third kappa shape index (κ3) is 5.41. The van der Waals surface area contributed by atoms with Gasteiger partial charge in [-0.15, -0.1) is 0 Å². The minimum atomic E-state index is -0.460. The summed E-state index contributed by atoms with van der Waals surface area (Å²) in [5.41, 5.74) is 4.66. The lowest BCUT2D eigenvalue weighted by Crippen LogP contribution is -2.23. The molecule has 0 saturated heterocycles. The maximum Gasteiger partial charge on any atom is 0.170 e. The Kier molecular flexibility index (Phi) is 7.85. The molecule has 0 saturated carbocycles. The number of ketones is 1. The van der Waals surface area contributed by atoms with Crippen molar-refractivity contribution in [3.63, 3.8) is 0 Å². The Morgan fingerprint density at radius 2 is 1.82 bits per heavy atom. The van der Waals surface area contributed by atoms with Crippen LogP contribution in [0.2, 0.25) is 0 Å². The summed E-state index contributed by atoms with van der Waals surface area (Å²) in [5, 5.41) is 0. The molecule has 3 rings (SSSR count). The molecule has 1 heterocycles.